The summed E-state index contributed by atoms with van der Waals surface area (Å²) in [4.78, 5) is 14.4. The average molecular weight is 338 g/mol. The molecule has 1 aliphatic carbocycles. The number of aryl methyl sites for hydroxylation is 1. The van der Waals surface area contributed by atoms with Crippen LogP contribution in [0.3, 0.4) is 0 Å². The molecule has 5 heteroatoms. The molecule has 0 aromatic carbocycles. The third kappa shape index (κ3) is 3.32. The van der Waals surface area contributed by atoms with Gasteiger partial charge >= 0.3 is 5.97 Å². The van der Waals surface area contributed by atoms with Crippen molar-refractivity contribution in [1.82, 2.24) is 0 Å². The van der Waals surface area contributed by atoms with Gasteiger partial charge in [0.2, 0.25) is 0 Å². The zero-order chi connectivity index (χ0) is 16.6. The van der Waals surface area contributed by atoms with Gasteiger partial charge in [0.05, 0.1) is 18.8 Å². The zero-order valence-corrected chi connectivity index (χ0v) is 15.0. The highest BCUT2D eigenvalue weighted by atomic mass is 32.1. The quantitative estimate of drug-likeness (QED) is 0.909. The maximum atomic E-state index is 12.0. The van der Waals surface area contributed by atoms with Crippen LogP contribution in [-0.4, -0.2) is 38.0 Å². The minimum atomic E-state index is -0.766. The molecule has 128 valence electrons. The third-order valence-electron chi connectivity index (χ3n) is 5.21. The van der Waals surface area contributed by atoms with Gasteiger partial charge in [-0.15, -0.1) is 11.3 Å². The Kier molecular flexibility index (Phi) is 4.81. The molecule has 0 amide bonds. The van der Waals surface area contributed by atoms with Crippen molar-refractivity contribution in [3.63, 3.8) is 0 Å². The molecular weight excluding hydrogens is 312 g/mol. The van der Waals surface area contributed by atoms with Gasteiger partial charge in [-0.1, -0.05) is 13.8 Å². The molecule has 0 spiro atoms. The number of ether oxygens (including phenoxy) is 2. The molecule has 23 heavy (non-hydrogen) atoms. The highest BCUT2D eigenvalue weighted by Gasteiger charge is 2.37. The lowest BCUT2D eigenvalue weighted by Crippen LogP contribution is -2.30. The molecule has 0 radical (unpaired) electrons. The summed E-state index contributed by atoms with van der Waals surface area (Å²) in [5, 5.41) is 9.87. The summed E-state index contributed by atoms with van der Waals surface area (Å²) in [6, 6.07) is 0. The van der Waals surface area contributed by atoms with Crippen LogP contribution >= 0.6 is 11.3 Å². The number of methoxy groups -OCH3 is 1. The van der Waals surface area contributed by atoms with Gasteiger partial charge in [-0.25, -0.2) is 4.79 Å². The second-order valence-electron chi connectivity index (χ2n) is 7.57. The average Bonchev–Trinajstić information content (AvgIpc) is 2.85. The molecule has 1 aliphatic heterocycles. The van der Waals surface area contributed by atoms with Crippen LogP contribution in [0.4, 0.5) is 0 Å². The van der Waals surface area contributed by atoms with Gasteiger partial charge in [-0.2, -0.15) is 0 Å². The van der Waals surface area contributed by atoms with E-state index in [0.717, 1.165) is 36.1 Å². The Balaban J connectivity index is 2.02. The maximum Gasteiger partial charge on any atom is 0.337 e. The van der Waals surface area contributed by atoms with Crippen molar-refractivity contribution < 1.29 is 19.4 Å². The molecule has 0 bridgehead atoms. The number of fused-ring (bicyclic) bond motifs is 1. The Hall–Kier alpha value is -0.910. The van der Waals surface area contributed by atoms with Crippen molar-refractivity contribution in [2.45, 2.75) is 45.4 Å². The second-order valence-corrected chi connectivity index (χ2v) is 8.71. The van der Waals surface area contributed by atoms with E-state index in [0.29, 0.717) is 25.4 Å². The smallest absolute Gasteiger partial charge is 0.337 e. The predicted octanol–water partition coefficient (Wildman–Crippen LogP) is 3.73. The Morgan fingerprint density at radius 1 is 1.48 bits per heavy atom. The molecule has 3 rings (SSSR count). The van der Waals surface area contributed by atoms with Gasteiger partial charge in [0.25, 0.3) is 0 Å². The lowest BCUT2D eigenvalue weighted by molar-refractivity contribution is 0.00548. The van der Waals surface area contributed by atoms with Crippen LogP contribution in [-0.2, 0) is 22.3 Å². The first-order chi connectivity index (χ1) is 10.9. The van der Waals surface area contributed by atoms with Crippen LogP contribution in [0.5, 0.6) is 0 Å². The van der Waals surface area contributed by atoms with Gasteiger partial charge in [-0.3, -0.25) is 0 Å². The van der Waals surface area contributed by atoms with Gasteiger partial charge in [-0.05, 0) is 36.7 Å². The van der Waals surface area contributed by atoms with E-state index >= 15 is 0 Å². The molecule has 1 aromatic rings. The monoisotopic (exact) mass is 338 g/mol. The Labute approximate surface area is 141 Å². The molecule has 4 nitrogen and oxygen atoms in total. The third-order valence-corrected chi connectivity index (χ3v) is 6.63. The standard InChI is InChI=1S/C18H26O4S/c1-18(2)6-4-14-13(8-18)15(17(19)20)16(23-14)12-5-7-22-10-11(12)9-21-3/h11-12H,4-10H2,1-3H3,(H,19,20)/t11-,12+/m0/s1. The van der Waals surface area contributed by atoms with Crippen molar-refractivity contribution in [3.8, 4) is 0 Å². The van der Waals surface area contributed by atoms with E-state index in [9.17, 15) is 9.90 Å². The first-order valence-electron chi connectivity index (χ1n) is 8.37. The van der Waals surface area contributed by atoms with Crippen LogP contribution in [0.1, 0.15) is 58.3 Å². The van der Waals surface area contributed by atoms with E-state index in [1.54, 1.807) is 18.4 Å². The van der Waals surface area contributed by atoms with Gasteiger partial charge in [0.15, 0.2) is 0 Å². The molecule has 2 aliphatic rings. The van der Waals surface area contributed by atoms with Crippen molar-refractivity contribution in [3.05, 3.63) is 20.9 Å². The minimum absolute atomic E-state index is 0.192. The second kappa shape index (κ2) is 6.54. The number of carboxylic acid groups (broad SMARTS) is 1. The van der Waals surface area contributed by atoms with E-state index in [1.807, 2.05) is 0 Å². The van der Waals surface area contributed by atoms with Crippen LogP contribution in [0.25, 0.3) is 0 Å². The van der Waals surface area contributed by atoms with Gasteiger partial charge in [0, 0.05) is 35.3 Å². The summed E-state index contributed by atoms with van der Waals surface area (Å²) >= 11 is 1.74. The molecule has 2 heterocycles. The number of thiophene rings is 1. The molecule has 1 aromatic heterocycles. The van der Waals surface area contributed by atoms with Crippen molar-refractivity contribution >= 4 is 17.3 Å². The summed E-state index contributed by atoms with van der Waals surface area (Å²) in [6.07, 6.45) is 3.90. The molecule has 1 N–H and O–H groups in total. The van der Waals surface area contributed by atoms with Crippen LogP contribution in [0, 0.1) is 11.3 Å². The van der Waals surface area contributed by atoms with Crippen LogP contribution in [0.2, 0.25) is 0 Å². The Bertz CT molecular complexity index is 588. The molecule has 0 unspecified atom stereocenters. The Morgan fingerprint density at radius 3 is 2.96 bits per heavy atom. The van der Waals surface area contributed by atoms with Crippen molar-refractivity contribution in [2.75, 3.05) is 26.9 Å². The van der Waals surface area contributed by atoms with Crippen LogP contribution < -0.4 is 0 Å². The summed E-state index contributed by atoms with van der Waals surface area (Å²) < 4.78 is 10.9. The zero-order valence-electron chi connectivity index (χ0n) is 14.2. The molecule has 2 atom stereocenters. The Morgan fingerprint density at radius 2 is 2.26 bits per heavy atom. The minimum Gasteiger partial charge on any atom is -0.478 e. The van der Waals surface area contributed by atoms with E-state index in [4.69, 9.17) is 9.47 Å². The largest absolute Gasteiger partial charge is 0.478 e. The first-order valence-corrected chi connectivity index (χ1v) is 9.19. The summed E-state index contributed by atoms with van der Waals surface area (Å²) in [5.41, 5.74) is 1.87. The molecule has 1 fully saturated rings. The number of carboxylic acids is 1. The van der Waals surface area contributed by atoms with E-state index in [2.05, 4.69) is 13.8 Å². The highest BCUT2D eigenvalue weighted by Crippen LogP contribution is 2.46. The number of aromatic carboxylic acids is 1. The van der Waals surface area contributed by atoms with Gasteiger partial charge in [0.1, 0.15) is 0 Å². The SMILES string of the molecule is COC[C@H]1COCC[C@H]1c1sc2c(c1C(=O)O)CC(C)(C)CC2. The van der Waals surface area contributed by atoms with Gasteiger partial charge < -0.3 is 14.6 Å². The fourth-order valence-electron chi connectivity index (χ4n) is 3.96. The lowest BCUT2D eigenvalue weighted by Gasteiger charge is -2.31. The van der Waals surface area contributed by atoms with E-state index in [1.165, 1.54) is 4.88 Å². The fourth-order valence-corrected chi connectivity index (χ4v) is 5.50. The summed E-state index contributed by atoms with van der Waals surface area (Å²) in [5.74, 6) is -0.272. The predicted molar refractivity (Wildman–Crippen MR) is 90.6 cm³/mol. The first kappa shape index (κ1) is 16.9. The highest BCUT2D eigenvalue weighted by molar-refractivity contribution is 7.12. The molecule has 0 saturated carbocycles. The maximum absolute atomic E-state index is 12.0. The molecule has 1 saturated heterocycles. The van der Waals surface area contributed by atoms with E-state index in [-0.39, 0.29) is 17.3 Å². The lowest BCUT2D eigenvalue weighted by atomic mass is 9.75. The van der Waals surface area contributed by atoms with Crippen molar-refractivity contribution in [2.24, 2.45) is 11.3 Å². The number of carbonyl (C=O) groups is 1. The number of hydrogen-bond acceptors (Lipinski definition) is 4. The number of hydrogen-bond donors (Lipinski definition) is 1. The fraction of sp³-hybridized carbons (Fsp3) is 0.722. The topological polar surface area (TPSA) is 55.8 Å². The summed E-state index contributed by atoms with van der Waals surface area (Å²) in [7, 11) is 1.70. The van der Waals surface area contributed by atoms with E-state index < -0.39 is 5.97 Å². The number of rotatable bonds is 4. The normalized spacial score (nSPS) is 26.7. The van der Waals surface area contributed by atoms with Crippen LogP contribution in [0.15, 0.2) is 0 Å². The molecular formula is C18H26O4S. The van der Waals surface area contributed by atoms with Crippen molar-refractivity contribution in [1.29, 1.82) is 0 Å². The summed E-state index contributed by atoms with van der Waals surface area (Å²) in [6.45, 7) is 6.46.